The summed E-state index contributed by atoms with van der Waals surface area (Å²) in [5, 5.41) is 5.66. The van der Waals surface area contributed by atoms with Crippen molar-refractivity contribution in [3.63, 3.8) is 0 Å². The third-order valence-electron chi connectivity index (χ3n) is 6.66. The second-order valence-electron chi connectivity index (χ2n) is 10.1. The van der Waals surface area contributed by atoms with Gasteiger partial charge in [-0.1, -0.05) is 20.3 Å². The van der Waals surface area contributed by atoms with Crippen molar-refractivity contribution in [2.75, 3.05) is 26.4 Å². The number of fused-ring (bicyclic) bond motifs is 1. The number of hydrogen-bond acceptors (Lipinski definition) is 6. The lowest BCUT2D eigenvalue weighted by atomic mass is 9.93. The molecule has 1 unspecified atom stereocenters. The van der Waals surface area contributed by atoms with Gasteiger partial charge in [0, 0.05) is 19.6 Å². The monoisotopic (exact) mass is 465 g/mol. The van der Waals surface area contributed by atoms with Crippen molar-refractivity contribution in [1.29, 1.82) is 0 Å². The van der Waals surface area contributed by atoms with Gasteiger partial charge in [0.2, 0.25) is 17.7 Å². The van der Waals surface area contributed by atoms with Crippen LogP contribution in [0.3, 0.4) is 0 Å². The molecule has 3 rings (SSSR count). The Morgan fingerprint density at radius 3 is 2.64 bits per heavy atom. The van der Waals surface area contributed by atoms with E-state index in [1.165, 1.54) is 0 Å². The first kappa shape index (κ1) is 25.6. The minimum absolute atomic E-state index is 0.00344. The molecule has 9 nitrogen and oxygen atoms in total. The SMILES string of the molecule is CC(C)CC(NC(=O)[C@@H]1COCCCCCC(=O)N2CCCC[C@H]2C(=O)N1)C(=O)[C@@]1(C)CO1. The number of amides is 3. The number of hydrogen-bond donors (Lipinski definition) is 2. The van der Waals surface area contributed by atoms with Crippen LogP contribution in [0.2, 0.25) is 0 Å². The van der Waals surface area contributed by atoms with Gasteiger partial charge in [0.1, 0.15) is 17.7 Å². The molecule has 2 N–H and O–H groups in total. The highest BCUT2D eigenvalue weighted by Crippen LogP contribution is 2.29. The van der Waals surface area contributed by atoms with E-state index in [1.54, 1.807) is 11.8 Å². The number of ketones is 1. The number of carbonyl (C=O) groups excluding carboxylic acids is 4. The summed E-state index contributed by atoms with van der Waals surface area (Å²) in [5.74, 6) is -0.749. The Bertz CT molecular complexity index is 736. The first-order chi connectivity index (χ1) is 15.7. The third kappa shape index (κ3) is 6.99. The molecule has 9 heteroatoms. The van der Waals surface area contributed by atoms with E-state index >= 15 is 0 Å². The fraction of sp³-hybridized carbons (Fsp3) is 0.833. The summed E-state index contributed by atoms with van der Waals surface area (Å²) in [6.45, 7) is 7.09. The molecule has 0 aromatic carbocycles. The summed E-state index contributed by atoms with van der Waals surface area (Å²) in [7, 11) is 0. The molecule has 0 aliphatic carbocycles. The van der Waals surface area contributed by atoms with Crippen molar-refractivity contribution in [1.82, 2.24) is 15.5 Å². The van der Waals surface area contributed by atoms with Crippen LogP contribution in [-0.2, 0) is 28.7 Å². The smallest absolute Gasteiger partial charge is 0.245 e. The molecule has 3 aliphatic heterocycles. The average molecular weight is 466 g/mol. The number of ether oxygens (including phenoxy) is 2. The van der Waals surface area contributed by atoms with Crippen LogP contribution < -0.4 is 10.6 Å². The Hall–Kier alpha value is -2.00. The van der Waals surface area contributed by atoms with Crippen molar-refractivity contribution in [2.24, 2.45) is 5.92 Å². The first-order valence-corrected chi connectivity index (χ1v) is 12.4. The molecular formula is C24H39N3O6. The number of Topliss-reactive ketones (excluding diaryl/α,β-unsaturated/α-hetero) is 1. The zero-order valence-electron chi connectivity index (χ0n) is 20.2. The van der Waals surface area contributed by atoms with Gasteiger partial charge in [-0.05, 0) is 51.4 Å². The molecule has 0 saturated carbocycles. The molecule has 3 amide bonds. The topological polar surface area (TPSA) is 117 Å². The van der Waals surface area contributed by atoms with Gasteiger partial charge in [0.15, 0.2) is 5.78 Å². The van der Waals surface area contributed by atoms with Crippen LogP contribution in [0, 0.1) is 5.92 Å². The number of epoxide rings is 1. The van der Waals surface area contributed by atoms with E-state index in [0.717, 1.165) is 32.1 Å². The number of carbonyl (C=O) groups is 4. The molecule has 0 spiro atoms. The summed E-state index contributed by atoms with van der Waals surface area (Å²) in [6, 6.07) is -2.21. The average Bonchev–Trinajstić information content (AvgIpc) is 3.53. The van der Waals surface area contributed by atoms with E-state index in [2.05, 4.69) is 10.6 Å². The van der Waals surface area contributed by atoms with Crippen molar-refractivity contribution in [3.05, 3.63) is 0 Å². The predicted molar refractivity (Wildman–Crippen MR) is 121 cm³/mol. The summed E-state index contributed by atoms with van der Waals surface area (Å²) >= 11 is 0. The number of rotatable bonds is 6. The minimum Gasteiger partial charge on any atom is -0.379 e. The lowest BCUT2D eigenvalue weighted by Gasteiger charge is -2.35. The quantitative estimate of drug-likeness (QED) is 0.572. The summed E-state index contributed by atoms with van der Waals surface area (Å²) in [6.07, 6.45) is 5.62. The maximum atomic E-state index is 13.2. The summed E-state index contributed by atoms with van der Waals surface area (Å²) in [4.78, 5) is 53.7. The van der Waals surface area contributed by atoms with Gasteiger partial charge in [0.05, 0.1) is 19.3 Å². The van der Waals surface area contributed by atoms with Crippen molar-refractivity contribution < 1.29 is 28.7 Å². The van der Waals surface area contributed by atoms with Gasteiger partial charge in [-0.3, -0.25) is 19.2 Å². The fourth-order valence-corrected chi connectivity index (χ4v) is 4.55. The highest BCUT2D eigenvalue weighted by molar-refractivity contribution is 5.98. The van der Waals surface area contributed by atoms with Crippen LogP contribution in [0.15, 0.2) is 0 Å². The van der Waals surface area contributed by atoms with Gasteiger partial charge in [0.25, 0.3) is 0 Å². The number of piperidine rings is 1. The third-order valence-corrected chi connectivity index (χ3v) is 6.66. The van der Waals surface area contributed by atoms with Crippen LogP contribution in [0.1, 0.15) is 72.1 Å². The molecule has 3 heterocycles. The normalized spacial score (nSPS) is 30.2. The molecule has 33 heavy (non-hydrogen) atoms. The maximum absolute atomic E-state index is 13.2. The minimum atomic E-state index is -0.937. The van der Waals surface area contributed by atoms with Crippen molar-refractivity contribution >= 4 is 23.5 Å². The number of nitrogens with one attached hydrogen (secondary N) is 2. The Balaban J connectivity index is 1.73. The standard InChI is InChI=1S/C24H39N3O6/c1-16(2)13-17(21(29)24(3)15-33-24)25-22(30)18-14-32-12-8-4-5-10-20(28)27-11-7-6-9-19(27)23(31)26-18/h16-19H,4-15H2,1-3H3,(H,25,30)(H,26,31)/t17?,18-,19-,24+/m0/s1. The van der Waals surface area contributed by atoms with Gasteiger partial charge in [-0.25, -0.2) is 0 Å². The predicted octanol–water partition coefficient (Wildman–Crippen LogP) is 1.33. The maximum Gasteiger partial charge on any atom is 0.245 e. The molecule has 3 saturated heterocycles. The van der Waals surface area contributed by atoms with E-state index in [1.807, 2.05) is 13.8 Å². The highest BCUT2D eigenvalue weighted by atomic mass is 16.6. The van der Waals surface area contributed by atoms with Gasteiger partial charge < -0.3 is 25.0 Å². The van der Waals surface area contributed by atoms with E-state index in [4.69, 9.17) is 9.47 Å². The lowest BCUT2D eigenvalue weighted by molar-refractivity contribution is -0.143. The second-order valence-corrected chi connectivity index (χ2v) is 10.1. The largest absolute Gasteiger partial charge is 0.379 e. The lowest BCUT2D eigenvalue weighted by Crippen LogP contribution is -2.59. The molecule has 3 fully saturated rings. The molecule has 4 atom stereocenters. The first-order valence-electron chi connectivity index (χ1n) is 12.4. The van der Waals surface area contributed by atoms with E-state index in [-0.39, 0.29) is 30.1 Å². The van der Waals surface area contributed by atoms with Crippen LogP contribution >= 0.6 is 0 Å². The highest BCUT2D eigenvalue weighted by Gasteiger charge is 2.50. The van der Waals surface area contributed by atoms with Gasteiger partial charge in [-0.2, -0.15) is 0 Å². The molecule has 0 aromatic rings. The Labute approximate surface area is 196 Å². The van der Waals surface area contributed by atoms with E-state index in [9.17, 15) is 19.2 Å². The van der Waals surface area contributed by atoms with E-state index < -0.39 is 29.6 Å². The van der Waals surface area contributed by atoms with Crippen molar-refractivity contribution in [3.8, 4) is 0 Å². The Morgan fingerprint density at radius 1 is 1.18 bits per heavy atom. The Kier molecular flexibility index (Phi) is 8.87. The molecule has 3 aliphatic rings. The molecule has 0 aromatic heterocycles. The molecule has 186 valence electrons. The van der Waals surface area contributed by atoms with Gasteiger partial charge in [-0.15, -0.1) is 0 Å². The van der Waals surface area contributed by atoms with Crippen LogP contribution in [0.25, 0.3) is 0 Å². The summed E-state index contributed by atoms with van der Waals surface area (Å²) < 4.78 is 11.0. The molecule has 0 radical (unpaired) electrons. The zero-order chi connectivity index (χ0) is 24.0. The molecule has 0 bridgehead atoms. The summed E-state index contributed by atoms with van der Waals surface area (Å²) in [5.41, 5.74) is -0.847. The number of nitrogens with zero attached hydrogens (tertiary/aromatic N) is 1. The fourth-order valence-electron chi connectivity index (χ4n) is 4.55. The van der Waals surface area contributed by atoms with E-state index in [0.29, 0.717) is 39.0 Å². The second kappa shape index (κ2) is 11.4. The van der Waals surface area contributed by atoms with Crippen LogP contribution in [0.5, 0.6) is 0 Å². The Morgan fingerprint density at radius 2 is 1.94 bits per heavy atom. The van der Waals surface area contributed by atoms with Gasteiger partial charge >= 0.3 is 0 Å². The molecular weight excluding hydrogens is 426 g/mol. The zero-order valence-corrected chi connectivity index (χ0v) is 20.2. The van der Waals surface area contributed by atoms with Crippen molar-refractivity contribution in [2.45, 2.75) is 95.9 Å². The van der Waals surface area contributed by atoms with Crippen LogP contribution in [-0.4, -0.2) is 78.5 Å². The van der Waals surface area contributed by atoms with Crippen LogP contribution in [0.4, 0.5) is 0 Å².